The van der Waals surface area contributed by atoms with E-state index in [0.29, 0.717) is 0 Å². The van der Waals surface area contributed by atoms with Crippen molar-refractivity contribution in [1.82, 2.24) is 0 Å². The van der Waals surface area contributed by atoms with E-state index in [9.17, 15) is 13.2 Å². The highest BCUT2D eigenvalue weighted by atomic mass is 79.9. The monoisotopic (exact) mass is 251 g/mol. The van der Waals surface area contributed by atoms with Crippen LogP contribution in [-0.2, 0) is 0 Å². The fraction of sp³-hybridized carbons (Fsp3) is 0. The van der Waals surface area contributed by atoms with Crippen molar-refractivity contribution in [1.29, 1.82) is 0 Å². The molecular weight excluding hydrogens is 253 g/mol. The first-order valence-electron chi connectivity index (χ1n) is 1.10. The number of halogens is 5. The van der Waals surface area contributed by atoms with Gasteiger partial charge in [-0.1, -0.05) is 0 Å². The van der Waals surface area contributed by atoms with E-state index < -0.39 is 6.68 Å². The fourth-order valence-corrected chi connectivity index (χ4v) is 0. The summed E-state index contributed by atoms with van der Waals surface area (Å²) in [6.45, 7) is -3.08. The molecule has 6 heteroatoms. The molecule has 0 bridgehead atoms. The van der Waals surface area contributed by atoms with E-state index >= 15 is 0 Å². The van der Waals surface area contributed by atoms with Gasteiger partial charge in [-0.15, -0.1) is 0 Å². The molecule has 41 valence electrons. The molecule has 0 saturated carbocycles. The van der Waals surface area contributed by atoms with Crippen molar-refractivity contribution in [2.45, 2.75) is 0 Å². The summed E-state index contributed by atoms with van der Waals surface area (Å²) in [7, 11) is 0. The highest BCUT2D eigenvalue weighted by Gasteiger charge is 1.93. The first kappa shape index (κ1) is 11.3. The lowest BCUT2D eigenvalue weighted by Crippen LogP contribution is -1.49. The minimum absolute atomic E-state index is 0.0417. The van der Waals surface area contributed by atoms with Gasteiger partial charge in [-0.05, 0) is 0 Å². The summed E-state index contributed by atoms with van der Waals surface area (Å²) in [6, 6.07) is 0. The predicted octanol–water partition coefficient (Wildman–Crippen LogP) is 2.65. The third-order valence-corrected chi connectivity index (χ3v) is 0. The van der Waals surface area contributed by atoms with Gasteiger partial charge in [0, 0.05) is 0 Å². The molecule has 0 aliphatic heterocycles. The van der Waals surface area contributed by atoms with Gasteiger partial charge in [-0.25, -0.2) is 0 Å². The molecule has 0 saturated heterocycles. The summed E-state index contributed by atoms with van der Waals surface area (Å²) in [4.78, 5) is 0. The van der Waals surface area contributed by atoms with E-state index in [1.165, 1.54) is 0 Å². The molecule has 0 atom stereocenters. The van der Waals surface area contributed by atoms with Crippen LogP contribution < -0.4 is 0 Å². The van der Waals surface area contributed by atoms with Crippen LogP contribution in [0.25, 0.3) is 0 Å². The summed E-state index contributed by atoms with van der Waals surface area (Å²) in [5.74, 6) is 0. The van der Waals surface area contributed by atoms with Gasteiger partial charge < -0.3 is 0 Å². The highest BCUT2D eigenvalue weighted by molar-refractivity contribution is 9.47. The van der Waals surface area contributed by atoms with Gasteiger partial charge in [0.25, 0.3) is 0 Å². The maximum Gasteiger partial charge on any atom is 0.560 e. The minimum Gasteiger partial charge on any atom is -0.280 e. The summed E-state index contributed by atoms with van der Waals surface area (Å²) in [5, 5.41) is 0. The van der Waals surface area contributed by atoms with Crippen molar-refractivity contribution < 1.29 is 13.2 Å². The van der Waals surface area contributed by atoms with Crippen molar-refractivity contribution in [3.8, 4) is 0 Å². The van der Waals surface area contributed by atoms with Gasteiger partial charge in [0.2, 0.25) is 0 Å². The quantitative estimate of drug-likeness (QED) is 0.582. The smallest absolute Gasteiger partial charge is 0.280 e. The third-order valence-electron chi connectivity index (χ3n) is 0. The molecule has 0 spiro atoms. The molecule has 0 nitrogen and oxygen atoms in total. The molecule has 0 heterocycles. The molecule has 0 rings (SSSR count). The minimum atomic E-state index is -3.08. The normalized spacial score (nSPS) is 6.57. The van der Waals surface area contributed by atoms with Crippen LogP contribution in [0, 0.1) is 6.68 Å². The Hall–Kier alpha value is 1.52. The molecule has 0 N–H and O–H groups in total. The van der Waals surface area contributed by atoms with Crippen LogP contribution in [0.5, 0.6) is 0 Å². The molecule has 0 aromatic heterocycles. The number of hydrogen-bond donors (Lipinski definition) is 0. The zero-order valence-corrected chi connectivity index (χ0v) is 7.68. The average Bonchev–Trinajstić information content (AvgIpc) is 1.33. The fourth-order valence-electron chi connectivity index (χ4n) is 0. The second-order valence-electron chi connectivity index (χ2n) is 0.315. The Balaban J connectivity index is 0. The summed E-state index contributed by atoms with van der Waals surface area (Å²) < 4.78 is 28.8. The van der Waals surface area contributed by atoms with Gasteiger partial charge in [-0.2, -0.15) is 13.2 Å². The maximum absolute atomic E-state index is 9.58. The predicted molar refractivity (Wildman–Crippen MR) is 30.2 cm³/mol. The Bertz CT molecular complexity index is 24.1. The lowest BCUT2D eigenvalue weighted by molar-refractivity contribution is 0.142. The van der Waals surface area contributed by atoms with Crippen molar-refractivity contribution >= 4 is 41.8 Å². The first-order valence-corrected chi connectivity index (χ1v) is 8.90. The topological polar surface area (TPSA) is 0 Å². The second kappa shape index (κ2) is 10.5. The lowest BCUT2D eigenvalue weighted by atomic mass is 11.6. The van der Waals surface area contributed by atoms with Crippen LogP contribution in [0.15, 0.2) is 0 Å². The Morgan fingerprint density at radius 2 is 1.14 bits per heavy atom. The van der Waals surface area contributed by atoms with Crippen LogP contribution >= 0.6 is 25.8 Å². The van der Waals surface area contributed by atoms with E-state index in [1.807, 2.05) is 0 Å². The zero-order chi connectivity index (χ0) is 6.28. The van der Waals surface area contributed by atoms with Crippen molar-refractivity contribution in [3.05, 3.63) is 6.68 Å². The van der Waals surface area contributed by atoms with Gasteiger partial charge >= 0.3 is 22.7 Å². The van der Waals surface area contributed by atoms with Crippen LogP contribution in [0.3, 0.4) is 0 Å². The Morgan fingerprint density at radius 1 is 1.14 bits per heavy atom. The van der Waals surface area contributed by atoms with Gasteiger partial charge in [0.15, 0.2) is 0 Å². The molecule has 0 aliphatic carbocycles. The Labute approximate surface area is 61.3 Å². The highest BCUT2D eigenvalue weighted by Crippen LogP contribution is 1.99. The van der Waals surface area contributed by atoms with Crippen molar-refractivity contribution in [2.75, 3.05) is 0 Å². The zero-order valence-electron chi connectivity index (χ0n) is 3.10. The molecule has 0 aliphatic rings. The van der Waals surface area contributed by atoms with E-state index in [0.717, 1.165) is 0 Å². The summed E-state index contributed by atoms with van der Waals surface area (Å²) in [6.07, 6.45) is 0. The SMILES string of the molecule is F[C](F)F.[Br][Mg][Br]. The van der Waals surface area contributed by atoms with E-state index in [2.05, 4.69) is 25.8 Å². The van der Waals surface area contributed by atoms with Crippen molar-refractivity contribution in [3.63, 3.8) is 0 Å². The molecule has 0 fully saturated rings. The van der Waals surface area contributed by atoms with Crippen LogP contribution in [-0.4, -0.2) is 16.0 Å². The van der Waals surface area contributed by atoms with E-state index in [1.54, 1.807) is 0 Å². The number of hydrogen-bond acceptors (Lipinski definition) is 0. The maximum atomic E-state index is 9.58. The van der Waals surface area contributed by atoms with Crippen LogP contribution in [0.2, 0.25) is 0 Å². The first-order chi connectivity index (χ1) is 3.15. The summed E-state index contributed by atoms with van der Waals surface area (Å²) in [5.41, 5.74) is 0. The van der Waals surface area contributed by atoms with Gasteiger partial charge in [0.1, 0.15) is 0 Å². The van der Waals surface area contributed by atoms with Crippen LogP contribution in [0.4, 0.5) is 13.2 Å². The third kappa shape index (κ3) is 99.5. The van der Waals surface area contributed by atoms with E-state index in [-0.39, 0.29) is 16.0 Å². The summed E-state index contributed by atoms with van der Waals surface area (Å²) >= 11 is 6.44. The van der Waals surface area contributed by atoms with E-state index in [4.69, 9.17) is 0 Å². The standard InChI is InChI=1S/CF3.2BrH.Mg/c2-1(3)4;;;/h;2*1H;/q;;;+2/p-2. The van der Waals surface area contributed by atoms with Gasteiger partial charge in [0.05, 0.1) is 0 Å². The largest absolute Gasteiger partial charge is 0.560 e. The van der Waals surface area contributed by atoms with Crippen LogP contribution in [0.1, 0.15) is 0 Å². The van der Waals surface area contributed by atoms with Gasteiger partial charge in [-0.3, -0.25) is 25.8 Å². The molecule has 1 radical (unpaired) electrons. The molecule has 7 heavy (non-hydrogen) atoms. The molecular formula is CBr2F3Mg. The molecule has 0 aromatic rings. The lowest BCUT2D eigenvalue weighted by Gasteiger charge is -1.60. The Kier molecular flexibility index (Phi) is 17.0. The Morgan fingerprint density at radius 3 is 1.14 bits per heavy atom. The van der Waals surface area contributed by atoms with Crippen molar-refractivity contribution in [2.24, 2.45) is 0 Å². The molecule has 0 aromatic carbocycles. The second-order valence-corrected chi connectivity index (χ2v) is 8.40. The average molecular weight is 253 g/mol. The number of rotatable bonds is 0. The molecule has 0 amide bonds. The molecule has 0 unspecified atom stereocenters.